The predicted octanol–water partition coefficient (Wildman–Crippen LogP) is 1.93. The summed E-state index contributed by atoms with van der Waals surface area (Å²) < 4.78 is 1.58. The number of nitrogens with zero attached hydrogens (tertiary/aromatic N) is 3. The molecule has 94 valence electrons. The highest BCUT2D eigenvalue weighted by Crippen LogP contribution is 2.13. The molecule has 0 aliphatic carbocycles. The summed E-state index contributed by atoms with van der Waals surface area (Å²) in [7, 11) is 0. The molecule has 5 heteroatoms. The second-order valence-corrected chi connectivity index (χ2v) is 4.24. The van der Waals surface area contributed by atoms with E-state index in [1.165, 1.54) is 0 Å². The molecule has 3 heterocycles. The van der Waals surface area contributed by atoms with Gasteiger partial charge in [-0.1, -0.05) is 0 Å². The minimum Gasteiger partial charge on any atom is -0.285 e. The van der Waals surface area contributed by atoms with E-state index in [-0.39, 0.29) is 5.56 Å². The fourth-order valence-electron chi connectivity index (χ4n) is 1.92. The molecule has 0 saturated heterocycles. The molecule has 19 heavy (non-hydrogen) atoms. The summed E-state index contributed by atoms with van der Waals surface area (Å²) in [6.45, 7) is 1.91. The minimum absolute atomic E-state index is 0.0884. The molecule has 0 atom stereocenters. The van der Waals surface area contributed by atoms with Crippen LogP contribution in [0, 0.1) is 6.92 Å². The molecule has 1 N–H and O–H groups in total. The number of hydrogen-bond donors (Lipinski definition) is 1. The summed E-state index contributed by atoms with van der Waals surface area (Å²) in [5.74, 6) is 0. The van der Waals surface area contributed by atoms with E-state index in [0.29, 0.717) is 5.56 Å². The Morgan fingerprint density at radius 2 is 2.11 bits per heavy atom. The molecule has 3 rings (SSSR count). The Kier molecular flexibility index (Phi) is 2.72. The maximum absolute atomic E-state index is 12.4. The number of nitrogens with one attached hydrogen (secondary N) is 1. The van der Waals surface area contributed by atoms with Crippen molar-refractivity contribution in [2.75, 3.05) is 0 Å². The molecule has 0 unspecified atom stereocenters. The van der Waals surface area contributed by atoms with Crippen molar-refractivity contribution in [3.05, 3.63) is 65.1 Å². The second-order valence-electron chi connectivity index (χ2n) is 4.24. The van der Waals surface area contributed by atoms with E-state index in [1.807, 2.05) is 25.1 Å². The van der Waals surface area contributed by atoms with Crippen LogP contribution in [0.4, 0.5) is 0 Å². The van der Waals surface area contributed by atoms with E-state index in [4.69, 9.17) is 0 Å². The zero-order valence-electron chi connectivity index (χ0n) is 10.4. The number of rotatable bonds is 2. The van der Waals surface area contributed by atoms with E-state index in [2.05, 4.69) is 15.2 Å². The molecule has 0 aliphatic heterocycles. The maximum atomic E-state index is 12.4. The number of aryl methyl sites for hydroxylation is 1. The summed E-state index contributed by atoms with van der Waals surface area (Å²) in [6.07, 6.45) is 6.76. The Morgan fingerprint density at radius 3 is 2.79 bits per heavy atom. The molecular weight excluding hydrogens is 240 g/mol. The molecule has 0 radical (unpaired) electrons. The first kappa shape index (κ1) is 11.4. The van der Waals surface area contributed by atoms with E-state index >= 15 is 0 Å². The third kappa shape index (κ3) is 2.06. The Bertz CT molecular complexity index is 742. The van der Waals surface area contributed by atoms with Crippen LogP contribution in [0.2, 0.25) is 0 Å². The van der Waals surface area contributed by atoms with Gasteiger partial charge >= 0.3 is 0 Å². The van der Waals surface area contributed by atoms with Gasteiger partial charge in [-0.3, -0.25) is 19.4 Å². The van der Waals surface area contributed by atoms with Gasteiger partial charge in [-0.05, 0) is 31.2 Å². The average Bonchev–Trinajstić information content (AvgIpc) is 2.94. The lowest BCUT2D eigenvalue weighted by Crippen LogP contribution is -2.19. The molecule has 0 fully saturated rings. The number of hydrogen-bond acceptors (Lipinski definition) is 3. The van der Waals surface area contributed by atoms with Crippen molar-refractivity contribution in [2.24, 2.45) is 0 Å². The van der Waals surface area contributed by atoms with Crippen LogP contribution < -0.4 is 5.56 Å². The van der Waals surface area contributed by atoms with Gasteiger partial charge in [0.2, 0.25) is 0 Å². The highest BCUT2D eigenvalue weighted by Gasteiger charge is 2.07. The Labute approximate surface area is 109 Å². The molecule has 0 aromatic carbocycles. The summed E-state index contributed by atoms with van der Waals surface area (Å²) in [5, 5.41) is 6.58. The molecule has 0 bridgehead atoms. The van der Waals surface area contributed by atoms with Crippen molar-refractivity contribution in [3.8, 4) is 16.8 Å². The van der Waals surface area contributed by atoms with Crippen molar-refractivity contribution in [3.63, 3.8) is 0 Å². The van der Waals surface area contributed by atoms with Gasteiger partial charge in [-0.15, -0.1) is 0 Å². The molecule has 0 saturated carbocycles. The number of aromatic nitrogens is 4. The Balaban J connectivity index is 2.16. The standard InChI is InChI=1S/C14H12N4O/c1-10-4-5-12(9-15-10)18-6-2-3-13(14(18)19)11-7-16-17-8-11/h2-9H,1H3,(H,16,17). The van der Waals surface area contributed by atoms with Crippen LogP contribution in [0.1, 0.15) is 5.69 Å². The Hall–Kier alpha value is -2.69. The van der Waals surface area contributed by atoms with E-state index < -0.39 is 0 Å². The molecule has 0 spiro atoms. The zero-order chi connectivity index (χ0) is 13.2. The van der Waals surface area contributed by atoms with Crippen molar-refractivity contribution in [2.45, 2.75) is 6.92 Å². The van der Waals surface area contributed by atoms with Crippen LogP contribution >= 0.6 is 0 Å². The van der Waals surface area contributed by atoms with Gasteiger partial charge in [0, 0.05) is 23.7 Å². The summed E-state index contributed by atoms with van der Waals surface area (Å²) in [6, 6.07) is 7.38. The van der Waals surface area contributed by atoms with E-state index in [1.54, 1.807) is 35.4 Å². The van der Waals surface area contributed by atoms with Gasteiger partial charge in [-0.25, -0.2) is 0 Å². The molecule has 0 aliphatic rings. The molecule has 5 nitrogen and oxygen atoms in total. The van der Waals surface area contributed by atoms with Crippen LogP contribution in [-0.2, 0) is 0 Å². The number of aromatic amines is 1. The minimum atomic E-state index is -0.0884. The van der Waals surface area contributed by atoms with Gasteiger partial charge in [0.15, 0.2) is 0 Å². The van der Waals surface area contributed by atoms with Crippen molar-refractivity contribution < 1.29 is 0 Å². The lowest BCUT2D eigenvalue weighted by atomic mass is 10.1. The quantitative estimate of drug-likeness (QED) is 0.758. The van der Waals surface area contributed by atoms with Crippen molar-refractivity contribution >= 4 is 0 Å². The van der Waals surface area contributed by atoms with Crippen LogP contribution in [0.25, 0.3) is 16.8 Å². The SMILES string of the molecule is Cc1ccc(-n2cccc(-c3cn[nH]c3)c2=O)cn1. The Morgan fingerprint density at radius 1 is 1.21 bits per heavy atom. The highest BCUT2D eigenvalue weighted by molar-refractivity contribution is 5.60. The fourth-order valence-corrected chi connectivity index (χ4v) is 1.92. The number of H-pyrrole nitrogens is 1. The molecule has 3 aromatic rings. The summed E-state index contributed by atoms with van der Waals surface area (Å²) in [4.78, 5) is 16.7. The predicted molar refractivity (Wildman–Crippen MR) is 72.2 cm³/mol. The van der Waals surface area contributed by atoms with Crippen LogP contribution in [0.3, 0.4) is 0 Å². The largest absolute Gasteiger partial charge is 0.285 e. The third-order valence-electron chi connectivity index (χ3n) is 2.93. The van der Waals surface area contributed by atoms with Crippen LogP contribution in [0.5, 0.6) is 0 Å². The van der Waals surface area contributed by atoms with Gasteiger partial charge < -0.3 is 0 Å². The van der Waals surface area contributed by atoms with Crippen LogP contribution in [0.15, 0.2) is 53.8 Å². The third-order valence-corrected chi connectivity index (χ3v) is 2.93. The maximum Gasteiger partial charge on any atom is 0.263 e. The van der Waals surface area contributed by atoms with E-state index in [9.17, 15) is 4.79 Å². The average molecular weight is 252 g/mol. The molecule has 0 amide bonds. The van der Waals surface area contributed by atoms with Gasteiger partial charge in [-0.2, -0.15) is 5.10 Å². The van der Waals surface area contributed by atoms with Gasteiger partial charge in [0.05, 0.1) is 23.6 Å². The summed E-state index contributed by atoms with van der Waals surface area (Å²) >= 11 is 0. The van der Waals surface area contributed by atoms with Crippen LogP contribution in [-0.4, -0.2) is 19.7 Å². The highest BCUT2D eigenvalue weighted by atomic mass is 16.1. The molecular formula is C14H12N4O. The topological polar surface area (TPSA) is 63.6 Å². The van der Waals surface area contributed by atoms with E-state index in [0.717, 1.165) is 16.9 Å². The molecule has 3 aromatic heterocycles. The second kappa shape index (κ2) is 4.53. The zero-order valence-corrected chi connectivity index (χ0v) is 10.4. The summed E-state index contributed by atoms with van der Waals surface area (Å²) in [5.41, 5.74) is 2.97. The lowest BCUT2D eigenvalue weighted by molar-refractivity contribution is 0.975. The van der Waals surface area contributed by atoms with Crippen molar-refractivity contribution in [1.29, 1.82) is 0 Å². The van der Waals surface area contributed by atoms with Gasteiger partial charge in [0.25, 0.3) is 5.56 Å². The van der Waals surface area contributed by atoms with Crippen molar-refractivity contribution in [1.82, 2.24) is 19.7 Å². The smallest absolute Gasteiger partial charge is 0.263 e. The normalized spacial score (nSPS) is 10.6. The van der Waals surface area contributed by atoms with Gasteiger partial charge in [0.1, 0.15) is 0 Å². The number of pyridine rings is 2. The first-order valence-electron chi connectivity index (χ1n) is 5.89. The first-order valence-corrected chi connectivity index (χ1v) is 5.89. The first-order chi connectivity index (χ1) is 9.25. The lowest BCUT2D eigenvalue weighted by Gasteiger charge is -2.07. The monoisotopic (exact) mass is 252 g/mol. The fraction of sp³-hybridized carbons (Fsp3) is 0.0714.